The predicted molar refractivity (Wildman–Crippen MR) is 94.8 cm³/mol. The summed E-state index contributed by atoms with van der Waals surface area (Å²) >= 11 is 0. The highest BCUT2D eigenvalue weighted by molar-refractivity contribution is 6.69. The fourth-order valence-corrected chi connectivity index (χ4v) is 8.92. The standard InChI is InChI=1S/C13H34O6Si3/c1-14-20(7,15-2)10-13(11-21(8,16-3)17-4)12-22(9,18-5)19-6/h13H,10-12H2,1-9H3. The molecule has 0 bridgehead atoms. The van der Waals surface area contributed by atoms with Crippen LogP contribution in [-0.2, 0) is 26.6 Å². The van der Waals surface area contributed by atoms with Crippen molar-refractivity contribution in [2.45, 2.75) is 37.8 Å². The van der Waals surface area contributed by atoms with Gasteiger partial charge < -0.3 is 26.6 Å². The first kappa shape index (κ1) is 22.4. The zero-order valence-electron chi connectivity index (χ0n) is 15.6. The lowest BCUT2D eigenvalue weighted by atomic mass is 10.3. The van der Waals surface area contributed by atoms with Crippen molar-refractivity contribution in [2.75, 3.05) is 42.7 Å². The summed E-state index contributed by atoms with van der Waals surface area (Å²) in [5.74, 6) is 0.324. The SMILES string of the molecule is CO[Si](C)(CC(C[Si](C)(OC)OC)C[Si](C)(OC)OC)OC. The Labute approximate surface area is 139 Å². The van der Waals surface area contributed by atoms with Crippen LogP contribution in [0.15, 0.2) is 0 Å². The Kier molecular flexibility index (Phi) is 9.82. The molecule has 9 heteroatoms. The number of hydrogen-bond acceptors (Lipinski definition) is 6. The van der Waals surface area contributed by atoms with E-state index in [-0.39, 0.29) is 0 Å². The van der Waals surface area contributed by atoms with Crippen LogP contribution in [0.4, 0.5) is 0 Å². The van der Waals surface area contributed by atoms with E-state index in [1.807, 2.05) is 0 Å². The summed E-state index contributed by atoms with van der Waals surface area (Å²) in [5, 5.41) is 0. The fourth-order valence-electron chi connectivity index (χ4n) is 2.54. The summed E-state index contributed by atoms with van der Waals surface area (Å²) in [4.78, 5) is 0. The van der Waals surface area contributed by atoms with E-state index in [0.717, 1.165) is 18.1 Å². The Morgan fingerprint density at radius 1 is 0.500 bits per heavy atom. The molecule has 0 saturated carbocycles. The molecule has 0 rings (SSSR count). The van der Waals surface area contributed by atoms with E-state index in [4.69, 9.17) is 26.6 Å². The Morgan fingerprint density at radius 3 is 0.818 bits per heavy atom. The fraction of sp³-hybridized carbons (Fsp3) is 1.00. The minimum absolute atomic E-state index is 0.324. The quantitative estimate of drug-likeness (QED) is 0.492. The zero-order chi connectivity index (χ0) is 17.4. The van der Waals surface area contributed by atoms with Crippen LogP contribution in [0.3, 0.4) is 0 Å². The van der Waals surface area contributed by atoms with Crippen LogP contribution in [-0.4, -0.2) is 68.3 Å². The second-order valence-corrected chi connectivity index (χ2v) is 16.6. The van der Waals surface area contributed by atoms with Crippen LogP contribution in [0.25, 0.3) is 0 Å². The molecule has 0 radical (unpaired) electrons. The first-order valence-electron chi connectivity index (χ1n) is 7.46. The van der Waals surface area contributed by atoms with Gasteiger partial charge in [-0.25, -0.2) is 0 Å². The molecule has 0 aliphatic carbocycles. The molecule has 0 aromatic heterocycles. The van der Waals surface area contributed by atoms with Gasteiger partial charge in [-0.15, -0.1) is 0 Å². The van der Waals surface area contributed by atoms with Gasteiger partial charge in [-0.3, -0.25) is 0 Å². The van der Waals surface area contributed by atoms with Crippen molar-refractivity contribution in [2.24, 2.45) is 5.92 Å². The Hall–Kier alpha value is 0.411. The third-order valence-electron chi connectivity index (χ3n) is 4.57. The van der Waals surface area contributed by atoms with Crippen LogP contribution >= 0.6 is 0 Å². The summed E-state index contributed by atoms with van der Waals surface area (Å²) < 4.78 is 34.0. The van der Waals surface area contributed by atoms with Gasteiger partial charge in [0.1, 0.15) is 0 Å². The van der Waals surface area contributed by atoms with Gasteiger partial charge in [0.25, 0.3) is 0 Å². The second kappa shape index (κ2) is 9.64. The van der Waals surface area contributed by atoms with E-state index in [0.29, 0.717) is 5.92 Å². The summed E-state index contributed by atoms with van der Waals surface area (Å²) in [7, 11) is 3.76. The van der Waals surface area contributed by atoms with E-state index in [1.165, 1.54) is 0 Å². The molecule has 0 amide bonds. The van der Waals surface area contributed by atoms with E-state index >= 15 is 0 Å². The summed E-state index contributed by atoms with van der Waals surface area (Å²) in [5.41, 5.74) is 0. The monoisotopic (exact) mass is 370 g/mol. The van der Waals surface area contributed by atoms with Crippen LogP contribution in [0.1, 0.15) is 0 Å². The molecule has 0 aromatic rings. The maximum Gasteiger partial charge on any atom is 0.334 e. The van der Waals surface area contributed by atoms with E-state index in [2.05, 4.69) is 19.6 Å². The maximum absolute atomic E-state index is 5.67. The predicted octanol–water partition coefficient (Wildman–Crippen LogP) is 2.70. The summed E-state index contributed by atoms with van der Waals surface area (Å²) in [6.45, 7) is 6.24. The second-order valence-electron chi connectivity index (χ2n) is 6.10. The smallest absolute Gasteiger partial charge is 0.334 e. The first-order chi connectivity index (χ1) is 10.1. The van der Waals surface area contributed by atoms with Gasteiger partial charge >= 0.3 is 25.7 Å². The molecule has 22 heavy (non-hydrogen) atoms. The topological polar surface area (TPSA) is 55.4 Å². The Bertz CT molecular complexity index is 259. The van der Waals surface area contributed by atoms with Crippen molar-refractivity contribution in [1.82, 2.24) is 0 Å². The minimum Gasteiger partial charge on any atom is -0.398 e. The molecule has 0 fully saturated rings. The molecule has 0 atom stereocenters. The number of hydrogen-bond donors (Lipinski definition) is 0. The Balaban J connectivity index is 5.22. The van der Waals surface area contributed by atoms with Crippen molar-refractivity contribution in [1.29, 1.82) is 0 Å². The first-order valence-corrected chi connectivity index (χ1v) is 15.0. The lowest BCUT2D eigenvalue weighted by Crippen LogP contribution is -2.46. The van der Waals surface area contributed by atoms with Crippen molar-refractivity contribution >= 4 is 25.7 Å². The molecule has 0 spiro atoms. The van der Waals surface area contributed by atoms with E-state index < -0.39 is 25.7 Å². The summed E-state index contributed by atoms with van der Waals surface area (Å²) in [6, 6.07) is 2.60. The highest BCUT2D eigenvalue weighted by Crippen LogP contribution is 2.33. The molecule has 0 aromatic carbocycles. The largest absolute Gasteiger partial charge is 0.398 e. The number of rotatable bonds is 12. The van der Waals surface area contributed by atoms with Crippen molar-refractivity contribution in [3.8, 4) is 0 Å². The van der Waals surface area contributed by atoms with Gasteiger partial charge in [0.05, 0.1) is 0 Å². The third-order valence-corrected chi connectivity index (χ3v) is 13.7. The maximum atomic E-state index is 5.67. The Morgan fingerprint density at radius 2 is 0.682 bits per heavy atom. The molecule has 0 saturated heterocycles. The highest BCUT2D eigenvalue weighted by atomic mass is 28.4. The van der Waals surface area contributed by atoms with Gasteiger partial charge in [-0.1, -0.05) is 0 Å². The van der Waals surface area contributed by atoms with E-state index in [9.17, 15) is 0 Å². The van der Waals surface area contributed by atoms with E-state index in [1.54, 1.807) is 42.7 Å². The zero-order valence-corrected chi connectivity index (χ0v) is 18.6. The van der Waals surface area contributed by atoms with Crippen molar-refractivity contribution < 1.29 is 26.6 Å². The van der Waals surface area contributed by atoms with Gasteiger partial charge in [-0.2, -0.15) is 0 Å². The molecule has 134 valence electrons. The molecule has 0 aliphatic heterocycles. The van der Waals surface area contributed by atoms with Gasteiger partial charge in [-0.05, 0) is 43.7 Å². The van der Waals surface area contributed by atoms with Crippen LogP contribution in [0.2, 0.25) is 37.8 Å². The molecule has 6 nitrogen and oxygen atoms in total. The average molecular weight is 371 g/mol. The lowest BCUT2D eigenvalue weighted by Gasteiger charge is -2.35. The van der Waals surface area contributed by atoms with Crippen molar-refractivity contribution in [3.63, 3.8) is 0 Å². The average Bonchev–Trinajstić information content (AvgIpc) is 2.54. The van der Waals surface area contributed by atoms with Crippen LogP contribution in [0, 0.1) is 5.92 Å². The van der Waals surface area contributed by atoms with Gasteiger partial charge in [0, 0.05) is 42.7 Å². The van der Waals surface area contributed by atoms with Crippen molar-refractivity contribution in [3.05, 3.63) is 0 Å². The van der Waals surface area contributed by atoms with Gasteiger partial charge in [0.2, 0.25) is 0 Å². The molecule has 0 aliphatic rings. The molecular weight excluding hydrogens is 336 g/mol. The minimum atomic E-state index is -2.19. The third kappa shape index (κ3) is 6.89. The lowest BCUT2D eigenvalue weighted by molar-refractivity contribution is 0.221. The van der Waals surface area contributed by atoms with Crippen LogP contribution in [0.5, 0.6) is 0 Å². The van der Waals surface area contributed by atoms with Crippen LogP contribution < -0.4 is 0 Å². The van der Waals surface area contributed by atoms with Gasteiger partial charge in [0.15, 0.2) is 0 Å². The molecule has 0 unspecified atom stereocenters. The normalized spacial score (nSPS) is 13.9. The molecule has 0 N–H and O–H groups in total. The summed E-state index contributed by atoms with van der Waals surface area (Å²) in [6.07, 6.45) is 0. The molecule has 0 heterocycles. The highest BCUT2D eigenvalue weighted by Gasteiger charge is 2.43. The molecular formula is C13H34O6Si3.